The van der Waals surface area contributed by atoms with Crippen molar-refractivity contribution in [2.45, 2.75) is 13.0 Å². The molecule has 9 heteroatoms. The first-order valence-corrected chi connectivity index (χ1v) is 10.5. The Hall–Kier alpha value is -3.29. The largest absolute Gasteiger partial charge is 0.344 e. The molecule has 2 aromatic carbocycles. The lowest BCUT2D eigenvalue weighted by molar-refractivity contribution is 0.0935. The zero-order chi connectivity index (χ0) is 22.8. The van der Waals surface area contributed by atoms with Crippen LogP contribution in [-0.2, 0) is 7.05 Å². The van der Waals surface area contributed by atoms with Crippen molar-refractivity contribution >= 4 is 29.1 Å². The quantitative estimate of drug-likeness (QED) is 0.419. The second-order valence-electron chi connectivity index (χ2n) is 7.24. The molecule has 4 rings (SSSR count). The molecule has 0 aliphatic rings. The molecule has 162 valence electrons. The predicted octanol–water partition coefficient (Wildman–Crippen LogP) is 5.48. The predicted molar refractivity (Wildman–Crippen MR) is 122 cm³/mol. The molecule has 6 nitrogen and oxygen atoms in total. The lowest BCUT2D eigenvalue weighted by Gasteiger charge is -2.15. The van der Waals surface area contributed by atoms with Crippen LogP contribution in [-0.4, -0.2) is 25.7 Å². The molecule has 1 N–H and O–H groups in total. The van der Waals surface area contributed by atoms with E-state index in [1.807, 2.05) is 12.1 Å². The molecule has 1 amide bonds. The second-order valence-corrected chi connectivity index (χ2v) is 8.08. The monoisotopic (exact) mass is 469 g/mol. The fraction of sp³-hybridized carbons (Fsp3) is 0.130. The first kappa shape index (κ1) is 21.9. The Morgan fingerprint density at radius 1 is 1.06 bits per heavy atom. The number of amides is 1. The van der Waals surface area contributed by atoms with Gasteiger partial charge in [-0.2, -0.15) is 5.10 Å². The molecule has 2 heterocycles. The Kier molecular flexibility index (Phi) is 6.21. The van der Waals surface area contributed by atoms with Gasteiger partial charge in [-0.05, 0) is 42.8 Å². The molecule has 0 bridgehead atoms. The van der Waals surface area contributed by atoms with E-state index in [1.165, 1.54) is 12.1 Å². The average Bonchev–Trinajstić information content (AvgIpc) is 3.22. The number of rotatable bonds is 5. The van der Waals surface area contributed by atoms with Gasteiger partial charge in [0.05, 0.1) is 28.5 Å². The number of hydrogen-bond donors (Lipinski definition) is 1. The zero-order valence-electron chi connectivity index (χ0n) is 17.2. The maximum Gasteiger partial charge on any atom is 0.270 e. The Bertz CT molecular complexity index is 1290. The van der Waals surface area contributed by atoms with Gasteiger partial charge >= 0.3 is 0 Å². The fourth-order valence-electron chi connectivity index (χ4n) is 3.13. The number of carbonyl (C=O) groups excluding carboxylic acids is 1. The standard InChI is InChI=1S/C23H18Cl2FN5O/c1-13(15-5-8-19(26)18(25)9-15)28-23(32)21-10-20(14-3-6-17(24)7-4-14)29-22(30-21)16-11-27-31(2)12-16/h3-13H,1-2H3,(H,28,32). The number of halogens is 3. The average molecular weight is 470 g/mol. The number of aryl methyl sites for hydroxylation is 1. The molecule has 0 fully saturated rings. The third-order valence-corrected chi connectivity index (χ3v) is 5.39. The van der Waals surface area contributed by atoms with Gasteiger partial charge in [-0.25, -0.2) is 14.4 Å². The molecule has 0 saturated heterocycles. The topological polar surface area (TPSA) is 72.7 Å². The minimum absolute atomic E-state index is 0.00507. The van der Waals surface area contributed by atoms with Gasteiger partial charge in [0, 0.05) is 23.8 Å². The van der Waals surface area contributed by atoms with Gasteiger partial charge in [0.1, 0.15) is 11.5 Å². The maximum absolute atomic E-state index is 13.5. The molecular formula is C23H18Cl2FN5O. The van der Waals surface area contributed by atoms with Crippen molar-refractivity contribution in [3.63, 3.8) is 0 Å². The Morgan fingerprint density at radius 2 is 1.81 bits per heavy atom. The summed E-state index contributed by atoms with van der Waals surface area (Å²) in [4.78, 5) is 22.1. The smallest absolute Gasteiger partial charge is 0.270 e. The summed E-state index contributed by atoms with van der Waals surface area (Å²) in [5, 5.41) is 7.63. The van der Waals surface area contributed by atoms with Crippen LogP contribution < -0.4 is 5.32 Å². The van der Waals surface area contributed by atoms with Crippen molar-refractivity contribution in [1.82, 2.24) is 25.1 Å². The number of nitrogens with zero attached hydrogens (tertiary/aromatic N) is 4. The molecule has 0 aliphatic carbocycles. The molecule has 32 heavy (non-hydrogen) atoms. The van der Waals surface area contributed by atoms with E-state index in [0.29, 0.717) is 27.7 Å². The number of carbonyl (C=O) groups is 1. The molecule has 0 saturated carbocycles. The summed E-state index contributed by atoms with van der Waals surface area (Å²) < 4.78 is 15.1. The SMILES string of the molecule is CC(NC(=O)c1cc(-c2ccc(Cl)cc2)nc(-c2cnn(C)c2)n1)c1ccc(F)c(Cl)c1. The van der Waals surface area contributed by atoms with Crippen molar-refractivity contribution in [3.05, 3.63) is 88.0 Å². The minimum atomic E-state index is -0.515. The molecule has 0 spiro atoms. The van der Waals surface area contributed by atoms with Crippen LogP contribution in [0.5, 0.6) is 0 Å². The first-order chi connectivity index (χ1) is 15.3. The van der Waals surface area contributed by atoms with Crippen molar-refractivity contribution in [1.29, 1.82) is 0 Å². The van der Waals surface area contributed by atoms with Gasteiger partial charge in [-0.1, -0.05) is 41.4 Å². The first-order valence-electron chi connectivity index (χ1n) is 9.70. The van der Waals surface area contributed by atoms with Crippen molar-refractivity contribution in [2.75, 3.05) is 0 Å². The van der Waals surface area contributed by atoms with Gasteiger partial charge in [0.25, 0.3) is 5.91 Å². The van der Waals surface area contributed by atoms with E-state index in [4.69, 9.17) is 23.2 Å². The molecule has 0 radical (unpaired) electrons. The minimum Gasteiger partial charge on any atom is -0.344 e. The number of aromatic nitrogens is 4. The van der Waals surface area contributed by atoms with E-state index in [-0.39, 0.29) is 10.7 Å². The summed E-state index contributed by atoms with van der Waals surface area (Å²) in [6, 6.07) is 12.7. The van der Waals surface area contributed by atoms with Gasteiger partial charge in [0.15, 0.2) is 5.82 Å². The van der Waals surface area contributed by atoms with Crippen molar-refractivity contribution in [3.8, 4) is 22.6 Å². The van der Waals surface area contributed by atoms with Gasteiger partial charge in [-0.3, -0.25) is 9.48 Å². The lowest BCUT2D eigenvalue weighted by Crippen LogP contribution is -2.27. The summed E-state index contributed by atoms with van der Waals surface area (Å²) in [7, 11) is 1.79. The third-order valence-electron chi connectivity index (χ3n) is 4.85. The van der Waals surface area contributed by atoms with Crippen LogP contribution in [0.3, 0.4) is 0 Å². The van der Waals surface area contributed by atoms with Gasteiger partial charge < -0.3 is 5.32 Å². The Morgan fingerprint density at radius 3 is 2.47 bits per heavy atom. The summed E-state index contributed by atoms with van der Waals surface area (Å²) >= 11 is 11.9. The maximum atomic E-state index is 13.5. The number of benzene rings is 2. The Labute approximate surface area is 194 Å². The highest BCUT2D eigenvalue weighted by Gasteiger charge is 2.18. The highest BCUT2D eigenvalue weighted by Crippen LogP contribution is 2.25. The highest BCUT2D eigenvalue weighted by molar-refractivity contribution is 6.31. The van der Waals surface area contributed by atoms with E-state index in [1.54, 1.807) is 55.3 Å². The van der Waals surface area contributed by atoms with E-state index in [9.17, 15) is 9.18 Å². The zero-order valence-corrected chi connectivity index (χ0v) is 18.7. The summed E-state index contributed by atoms with van der Waals surface area (Å²) in [5.74, 6) is -0.549. The molecule has 0 aliphatic heterocycles. The summed E-state index contributed by atoms with van der Waals surface area (Å²) in [6.45, 7) is 1.78. The molecule has 1 unspecified atom stereocenters. The Balaban J connectivity index is 1.69. The molecule has 4 aromatic rings. The lowest BCUT2D eigenvalue weighted by atomic mass is 10.1. The van der Waals surface area contributed by atoms with Crippen LogP contribution in [0.4, 0.5) is 4.39 Å². The van der Waals surface area contributed by atoms with Crippen LogP contribution in [0.25, 0.3) is 22.6 Å². The number of nitrogens with one attached hydrogen (secondary N) is 1. The molecule has 1 atom stereocenters. The fourth-order valence-corrected chi connectivity index (χ4v) is 3.45. The van der Waals surface area contributed by atoms with Crippen LogP contribution >= 0.6 is 23.2 Å². The van der Waals surface area contributed by atoms with E-state index in [0.717, 1.165) is 5.56 Å². The molecular weight excluding hydrogens is 452 g/mol. The van der Waals surface area contributed by atoms with Crippen LogP contribution in [0.2, 0.25) is 10.0 Å². The van der Waals surface area contributed by atoms with Crippen LogP contribution in [0.15, 0.2) is 60.9 Å². The van der Waals surface area contributed by atoms with E-state index in [2.05, 4.69) is 20.4 Å². The highest BCUT2D eigenvalue weighted by atomic mass is 35.5. The third kappa shape index (κ3) is 4.79. The molecule has 2 aromatic heterocycles. The van der Waals surface area contributed by atoms with Crippen molar-refractivity contribution < 1.29 is 9.18 Å². The van der Waals surface area contributed by atoms with Crippen LogP contribution in [0.1, 0.15) is 29.0 Å². The van der Waals surface area contributed by atoms with Crippen LogP contribution in [0, 0.1) is 5.82 Å². The van der Waals surface area contributed by atoms with E-state index >= 15 is 0 Å². The van der Waals surface area contributed by atoms with Gasteiger partial charge in [0.2, 0.25) is 0 Å². The summed E-state index contributed by atoms with van der Waals surface area (Å²) in [6.07, 6.45) is 3.40. The normalized spacial score (nSPS) is 11.9. The van der Waals surface area contributed by atoms with Crippen molar-refractivity contribution in [2.24, 2.45) is 7.05 Å². The number of hydrogen-bond acceptors (Lipinski definition) is 4. The van der Waals surface area contributed by atoms with Gasteiger partial charge in [-0.15, -0.1) is 0 Å². The summed E-state index contributed by atoms with van der Waals surface area (Å²) in [5.41, 5.74) is 2.89. The second kappa shape index (κ2) is 9.06. The van der Waals surface area contributed by atoms with E-state index < -0.39 is 17.8 Å².